The molecule has 0 heterocycles. The fraction of sp³-hybridized carbons (Fsp3) is 0.500. The number of nitrogen functional groups attached to an aromatic ring is 1. The van der Waals surface area contributed by atoms with Crippen molar-refractivity contribution in [2.45, 2.75) is 57.8 Å². The molecular formula is C24H30N2. The number of hydrogen-bond donors (Lipinski definition) is 2. The van der Waals surface area contributed by atoms with Gasteiger partial charge in [-0.1, -0.05) is 26.0 Å². The van der Waals surface area contributed by atoms with Crippen LogP contribution < -0.4 is 11.1 Å². The van der Waals surface area contributed by atoms with Crippen molar-refractivity contribution in [3.63, 3.8) is 0 Å². The Morgan fingerprint density at radius 1 is 0.769 bits per heavy atom. The van der Waals surface area contributed by atoms with Crippen molar-refractivity contribution in [1.82, 2.24) is 0 Å². The second kappa shape index (κ2) is 5.28. The molecule has 6 rings (SSSR count). The van der Waals surface area contributed by atoms with E-state index in [2.05, 4.69) is 43.4 Å². The van der Waals surface area contributed by atoms with Crippen molar-refractivity contribution in [2.75, 3.05) is 11.1 Å². The highest BCUT2D eigenvalue weighted by Gasteiger charge is 2.60. The normalized spacial score (nSPS) is 37.7. The molecule has 3 N–H and O–H groups in total. The summed E-state index contributed by atoms with van der Waals surface area (Å²) in [5.41, 5.74) is 11.9. The monoisotopic (exact) mass is 346 g/mol. The van der Waals surface area contributed by atoms with Gasteiger partial charge in [0.25, 0.3) is 0 Å². The third kappa shape index (κ3) is 2.62. The van der Waals surface area contributed by atoms with Gasteiger partial charge in [-0.15, -0.1) is 0 Å². The van der Waals surface area contributed by atoms with Crippen LogP contribution in [0.15, 0.2) is 48.5 Å². The maximum absolute atomic E-state index is 5.78. The smallest absolute Gasteiger partial charge is 0.0385 e. The van der Waals surface area contributed by atoms with Crippen molar-refractivity contribution in [1.29, 1.82) is 0 Å². The van der Waals surface area contributed by atoms with Gasteiger partial charge in [0.15, 0.2) is 0 Å². The van der Waals surface area contributed by atoms with Crippen LogP contribution in [0.2, 0.25) is 0 Å². The number of nitrogens with one attached hydrogen (secondary N) is 1. The van der Waals surface area contributed by atoms with E-state index in [1.54, 1.807) is 5.56 Å². The molecule has 0 radical (unpaired) electrons. The zero-order chi connectivity index (χ0) is 18.0. The summed E-state index contributed by atoms with van der Waals surface area (Å²) in [6.45, 7) is 5.11. The summed E-state index contributed by atoms with van der Waals surface area (Å²) in [5, 5.41) is 3.49. The van der Waals surface area contributed by atoms with Gasteiger partial charge in [0.1, 0.15) is 0 Å². The lowest BCUT2D eigenvalue weighted by molar-refractivity contribution is -0.109. The number of nitrogens with two attached hydrogens (primary N) is 1. The first-order valence-electron chi connectivity index (χ1n) is 10.1. The minimum atomic E-state index is 0.419. The molecule has 4 aliphatic rings. The number of anilines is 3. The van der Waals surface area contributed by atoms with E-state index in [-0.39, 0.29) is 0 Å². The molecular weight excluding hydrogens is 316 g/mol. The standard InChI is InChI=1S/C24H30N2/c1-22-11-17-12-23(2,14-22)16-24(13-17,15-22)18-3-7-20(8-4-18)26-21-9-5-19(25)6-10-21/h3-10,17,26H,11-16,25H2,1-2H3. The Morgan fingerprint density at radius 3 is 1.85 bits per heavy atom. The van der Waals surface area contributed by atoms with Crippen LogP contribution in [0.4, 0.5) is 17.1 Å². The fourth-order valence-corrected chi connectivity index (χ4v) is 7.41. The third-order valence-corrected chi connectivity index (χ3v) is 7.32. The molecule has 2 unspecified atom stereocenters. The maximum Gasteiger partial charge on any atom is 0.0385 e. The van der Waals surface area contributed by atoms with Crippen LogP contribution in [-0.4, -0.2) is 0 Å². The van der Waals surface area contributed by atoms with Gasteiger partial charge in [0.2, 0.25) is 0 Å². The molecule has 0 spiro atoms. The third-order valence-electron chi connectivity index (χ3n) is 7.32. The summed E-state index contributed by atoms with van der Waals surface area (Å²) in [4.78, 5) is 0. The highest BCUT2D eigenvalue weighted by molar-refractivity contribution is 5.62. The maximum atomic E-state index is 5.78. The Kier molecular flexibility index (Phi) is 3.30. The lowest BCUT2D eigenvalue weighted by Gasteiger charge is -2.65. The van der Waals surface area contributed by atoms with E-state index in [1.165, 1.54) is 38.5 Å². The van der Waals surface area contributed by atoms with Crippen LogP contribution in [0.1, 0.15) is 57.9 Å². The summed E-state index contributed by atoms with van der Waals surface area (Å²) in [5.74, 6) is 0.939. The van der Waals surface area contributed by atoms with Crippen LogP contribution in [0.5, 0.6) is 0 Å². The Hall–Kier alpha value is -1.96. The summed E-state index contributed by atoms with van der Waals surface area (Å²) in [6, 6.07) is 17.2. The second-order valence-corrected chi connectivity index (χ2v) is 10.2. The highest BCUT2D eigenvalue weighted by atomic mass is 14.9. The predicted octanol–water partition coefficient (Wildman–Crippen LogP) is 6.26. The molecule has 4 aliphatic carbocycles. The van der Waals surface area contributed by atoms with E-state index in [1.807, 2.05) is 24.3 Å². The van der Waals surface area contributed by atoms with Gasteiger partial charge in [-0.05, 0) is 103 Å². The molecule has 26 heavy (non-hydrogen) atoms. The Morgan fingerprint density at radius 2 is 1.31 bits per heavy atom. The molecule has 2 nitrogen and oxygen atoms in total. The van der Waals surface area contributed by atoms with E-state index in [0.717, 1.165) is 23.0 Å². The zero-order valence-corrected chi connectivity index (χ0v) is 16.0. The average molecular weight is 347 g/mol. The Labute approximate surface area is 157 Å². The van der Waals surface area contributed by atoms with Crippen molar-refractivity contribution < 1.29 is 0 Å². The summed E-state index contributed by atoms with van der Waals surface area (Å²) in [7, 11) is 0. The van der Waals surface area contributed by atoms with E-state index < -0.39 is 0 Å². The molecule has 4 bridgehead atoms. The first-order valence-corrected chi connectivity index (χ1v) is 10.1. The summed E-state index contributed by atoms with van der Waals surface area (Å²) >= 11 is 0. The van der Waals surface area contributed by atoms with Gasteiger partial charge < -0.3 is 11.1 Å². The molecule has 2 heteroatoms. The molecule has 2 aromatic rings. The van der Waals surface area contributed by atoms with Crippen LogP contribution in [0, 0.1) is 16.7 Å². The summed E-state index contributed by atoms with van der Waals surface area (Å²) < 4.78 is 0. The van der Waals surface area contributed by atoms with Crippen molar-refractivity contribution in [3.05, 3.63) is 54.1 Å². The second-order valence-electron chi connectivity index (χ2n) is 10.2. The highest BCUT2D eigenvalue weighted by Crippen LogP contribution is 2.69. The number of benzene rings is 2. The average Bonchev–Trinajstić information content (AvgIpc) is 2.54. The van der Waals surface area contributed by atoms with E-state index in [4.69, 9.17) is 5.73 Å². The van der Waals surface area contributed by atoms with Crippen molar-refractivity contribution in [3.8, 4) is 0 Å². The van der Waals surface area contributed by atoms with Crippen LogP contribution in [0.3, 0.4) is 0 Å². The van der Waals surface area contributed by atoms with Crippen LogP contribution in [0.25, 0.3) is 0 Å². The minimum Gasteiger partial charge on any atom is -0.399 e. The molecule has 0 aliphatic heterocycles. The fourth-order valence-electron chi connectivity index (χ4n) is 7.41. The largest absolute Gasteiger partial charge is 0.399 e. The minimum absolute atomic E-state index is 0.419. The van der Waals surface area contributed by atoms with E-state index >= 15 is 0 Å². The Bertz CT molecular complexity index is 802. The van der Waals surface area contributed by atoms with Gasteiger partial charge >= 0.3 is 0 Å². The lowest BCUT2D eigenvalue weighted by atomic mass is 9.39. The summed E-state index contributed by atoms with van der Waals surface area (Å²) in [6.07, 6.45) is 8.54. The zero-order valence-electron chi connectivity index (χ0n) is 16.0. The van der Waals surface area contributed by atoms with Gasteiger partial charge in [-0.2, -0.15) is 0 Å². The lowest BCUT2D eigenvalue weighted by Crippen LogP contribution is -2.56. The first kappa shape index (κ1) is 16.2. The van der Waals surface area contributed by atoms with Gasteiger partial charge in [-0.25, -0.2) is 0 Å². The molecule has 2 aromatic carbocycles. The molecule has 0 aromatic heterocycles. The number of hydrogen-bond acceptors (Lipinski definition) is 2. The van der Waals surface area contributed by atoms with Crippen molar-refractivity contribution >= 4 is 17.1 Å². The molecule has 2 atom stereocenters. The van der Waals surface area contributed by atoms with Crippen LogP contribution in [-0.2, 0) is 5.41 Å². The quantitative estimate of drug-likeness (QED) is 0.644. The first-order chi connectivity index (χ1) is 12.4. The molecule has 4 saturated carbocycles. The van der Waals surface area contributed by atoms with Gasteiger partial charge in [0.05, 0.1) is 0 Å². The molecule has 136 valence electrons. The van der Waals surface area contributed by atoms with E-state index in [9.17, 15) is 0 Å². The van der Waals surface area contributed by atoms with Gasteiger partial charge in [0, 0.05) is 17.1 Å². The molecule has 4 fully saturated rings. The molecule has 0 amide bonds. The molecule has 0 saturated heterocycles. The predicted molar refractivity (Wildman–Crippen MR) is 110 cm³/mol. The van der Waals surface area contributed by atoms with E-state index in [0.29, 0.717) is 16.2 Å². The van der Waals surface area contributed by atoms with Crippen LogP contribution >= 0.6 is 0 Å². The Balaban J connectivity index is 1.41. The van der Waals surface area contributed by atoms with Crippen molar-refractivity contribution in [2.24, 2.45) is 16.7 Å². The topological polar surface area (TPSA) is 38.0 Å². The SMILES string of the molecule is CC12CC3CC(C)(C1)CC(c1ccc(Nc4ccc(N)cc4)cc1)(C3)C2. The number of rotatable bonds is 3. The van der Waals surface area contributed by atoms with Gasteiger partial charge in [-0.3, -0.25) is 0 Å².